The Balaban J connectivity index is 2.20. The van der Waals surface area contributed by atoms with Gasteiger partial charge in [0.1, 0.15) is 10.3 Å². The van der Waals surface area contributed by atoms with Gasteiger partial charge in [-0.3, -0.25) is 4.79 Å². The maximum absolute atomic E-state index is 12.6. The van der Waals surface area contributed by atoms with Crippen LogP contribution in [0.15, 0.2) is 16.3 Å². The number of carbonyl (C=O) groups is 1. The lowest BCUT2D eigenvalue weighted by atomic mass is 10.2. The number of hydrogen-bond acceptors (Lipinski definition) is 5. The number of hydrogen-bond donors (Lipinski definition) is 2. The minimum absolute atomic E-state index is 0.161. The Morgan fingerprint density at radius 2 is 2.29 bits per heavy atom. The van der Waals surface area contributed by atoms with Gasteiger partial charge in [-0.15, -0.1) is 11.3 Å². The van der Waals surface area contributed by atoms with Gasteiger partial charge in [0, 0.05) is 24.0 Å². The number of rotatable bonds is 5. The summed E-state index contributed by atoms with van der Waals surface area (Å²) in [7, 11) is -3.59. The van der Waals surface area contributed by atoms with Crippen molar-refractivity contribution in [1.82, 2.24) is 9.62 Å². The molecule has 2 heterocycles. The predicted octanol–water partition coefficient (Wildman–Crippen LogP) is 0.673. The molecule has 1 aliphatic heterocycles. The average molecular weight is 331 g/mol. The molecule has 1 aliphatic rings. The number of nitrogens with zero attached hydrogens (tertiary/aromatic N) is 1. The van der Waals surface area contributed by atoms with Gasteiger partial charge in [-0.05, 0) is 38.8 Å². The summed E-state index contributed by atoms with van der Waals surface area (Å²) in [5.41, 5.74) is 5.49. The van der Waals surface area contributed by atoms with E-state index in [9.17, 15) is 13.2 Å². The van der Waals surface area contributed by atoms with Gasteiger partial charge in [0.05, 0.1) is 0 Å². The molecule has 6 nitrogen and oxygen atoms in total. The molecule has 0 radical (unpaired) electrons. The minimum atomic E-state index is -3.59. The largest absolute Gasteiger partial charge is 0.351 e. The molecule has 1 unspecified atom stereocenters. The Bertz CT molecular complexity index is 612. The Morgan fingerprint density at radius 1 is 1.57 bits per heavy atom. The molecule has 1 saturated heterocycles. The molecule has 21 heavy (non-hydrogen) atoms. The molecule has 2 rings (SSSR count). The van der Waals surface area contributed by atoms with Crippen LogP contribution in [0.2, 0.25) is 0 Å². The number of carbonyl (C=O) groups excluding carboxylic acids is 1. The summed E-state index contributed by atoms with van der Waals surface area (Å²) < 4.78 is 26.9. The molecular formula is C13H21N3O3S2. The first-order valence-electron chi connectivity index (χ1n) is 6.95. The highest BCUT2D eigenvalue weighted by Crippen LogP contribution is 2.30. The summed E-state index contributed by atoms with van der Waals surface area (Å²) in [4.78, 5) is 13.2. The molecule has 0 bridgehead atoms. The Kier molecular flexibility index (Phi) is 5.03. The zero-order chi connectivity index (χ0) is 15.6. The summed E-state index contributed by atoms with van der Waals surface area (Å²) in [5.74, 6) is -0.262. The molecule has 8 heteroatoms. The van der Waals surface area contributed by atoms with E-state index in [-0.39, 0.29) is 11.9 Å². The molecule has 3 N–H and O–H groups in total. The van der Waals surface area contributed by atoms with Crippen molar-refractivity contribution in [3.05, 3.63) is 17.0 Å². The average Bonchev–Trinajstić information content (AvgIpc) is 3.07. The summed E-state index contributed by atoms with van der Waals surface area (Å²) in [6, 6.07) is 2.59. The quantitative estimate of drug-likeness (QED) is 0.829. The fraction of sp³-hybridized carbons (Fsp3) is 0.615. The SMILES string of the molecule is Cc1ccc(S(=O)(=O)N2CCCC2C(=O)N[C@@H](C)CN)s1. The van der Waals surface area contributed by atoms with Gasteiger partial charge in [0.15, 0.2) is 0 Å². The van der Waals surface area contributed by atoms with E-state index in [1.54, 1.807) is 19.1 Å². The number of sulfonamides is 1. The lowest BCUT2D eigenvalue weighted by Gasteiger charge is -2.24. The van der Waals surface area contributed by atoms with Crippen LogP contribution in [0.4, 0.5) is 0 Å². The maximum Gasteiger partial charge on any atom is 0.253 e. The Labute approximate surface area is 129 Å². The molecule has 1 fully saturated rings. The summed E-state index contributed by atoms with van der Waals surface area (Å²) >= 11 is 1.23. The summed E-state index contributed by atoms with van der Waals surface area (Å²) in [6.07, 6.45) is 1.24. The van der Waals surface area contributed by atoms with E-state index in [1.807, 2.05) is 6.92 Å². The van der Waals surface area contributed by atoms with Crippen molar-refractivity contribution in [2.75, 3.05) is 13.1 Å². The van der Waals surface area contributed by atoms with Crippen LogP contribution >= 0.6 is 11.3 Å². The first-order valence-corrected chi connectivity index (χ1v) is 9.20. The number of amides is 1. The third kappa shape index (κ3) is 3.45. The van der Waals surface area contributed by atoms with Crippen LogP contribution in [-0.2, 0) is 14.8 Å². The standard InChI is InChI=1S/C13H21N3O3S2/c1-9(8-14)15-13(17)11-4-3-7-16(11)21(18,19)12-6-5-10(2)20-12/h5-6,9,11H,3-4,7-8,14H2,1-2H3,(H,15,17)/t9-,11?/m0/s1. The van der Waals surface area contributed by atoms with E-state index >= 15 is 0 Å². The fourth-order valence-electron chi connectivity index (χ4n) is 2.35. The predicted molar refractivity (Wildman–Crippen MR) is 82.6 cm³/mol. The molecule has 1 aromatic heterocycles. The number of nitrogens with one attached hydrogen (secondary N) is 1. The lowest BCUT2D eigenvalue weighted by molar-refractivity contribution is -0.124. The monoisotopic (exact) mass is 331 g/mol. The Morgan fingerprint density at radius 3 is 2.86 bits per heavy atom. The van der Waals surface area contributed by atoms with Gasteiger partial charge >= 0.3 is 0 Å². The number of thiophene rings is 1. The van der Waals surface area contributed by atoms with Crippen LogP contribution in [0, 0.1) is 6.92 Å². The first kappa shape index (κ1) is 16.4. The zero-order valence-corrected chi connectivity index (χ0v) is 13.8. The molecular weight excluding hydrogens is 310 g/mol. The van der Waals surface area contributed by atoms with Crippen LogP contribution in [0.25, 0.3) is 0 Å². The normalized spacial score (nSPS) is 21.4. The molecule has 0 spiro atoms. The topological polar surface area (TPSA) is 92.5 Å². The molecule has 2 atom stereocenters. The van der Waals surface area contributed by atoms with Crippen LogP contribution in [0.3, 0.4) is 0 Å². The number of aryl methyl sites for hydroxylation is 1. The van der Waals surface area contributed by atoms with Crippen molar-refractivity contribution in [1.29, 1.82) is 0 Å². The highest BCUT2D eigenvalue weighted by Gasteiger charge is 2.40. The fourth-order valence-corrected chi connectivity index (χ4v) is 5.42. The van der Waals surface area contributed by atoms with Crippen molar-refractivity contribution in [3.8, 4) is 0 Å². The first-order chi connectivity index (χ1) is 9.86. The van der Waals surface area contributed by atoms with Gasteiger partial charge in [0.2, 0.25) is 5.91 Å². The second kappa shape index (κ2) is 6.43. The van der Waals surface area contributed by atoms with Crippen molar-refractivity contribution in [3.63, 3.8) is 0 Å². The van der Waals surface area contributed by atoms with Crippen molar-refractivity contribution in [2.24, 2.45) is 5.73 Å². The van der Waals surface area contributed by atoms with E-state index in [0.717, 1.165) is 4.88 Å². The highest BCUT2D eigenvalue weighted by atomic mass is 32.2. The number of nitrogens with two attached hydrogens (primary N) is 1. The summed E-state index contributed by atoms with van der Waals surface area (Å²) in [5, 5.41) is 2.76. The van der Waals surface area contributed by atoms with Crippen molar-refractivity contribution < 1.29 is 13.2 Å². The molecule has 1 aromatic rings. The van der Waals surface area contributed by atoms with Crippen LogP contribution in [0.5, 0.6) is 0 Å². The molecule has 0 aromatic carbocycles. The van der Waals surface area contributed by atoms with E-state index in [2.05, 4.69) is 5.32 Å². The van der Waals surface area contributed by atoms with Crippen LogP contribution in [0.1, 0.15) is 24.6 Å². The smallest absolute Gasteiger partial charge is 0.253 e. The second-order valence-electron chi connectivity index (χ2n) is 5.28. The summed E-state index contributed by atoms with van der Waals surface area (Å²) in [6.45, 7) is 4.37. The maximum atomic E-state index is 12.6. The highest BCUT2D eigenvalue weighted by molar-refractivity contribution is 7.91. The molecule has 1 amide bonds. The van der Waals surface area contributed by atoms with Gasteiger partial charge in [-0.2, -0.15) is 4.31 Å². The van der Waals surface area contributed by atoms with Gasteiger partial charge < -0.3 is 11.1 Å². The van der Waals surface area contributed by atoms with E-state index in [4.69, 9.17) is 5.73 Å². The zero-order valence-electron chi connectivity index (χ0n) is 12.2. The third-order valence-corrected chi connectivity index (χ3v) is 6.90. The molecule has 118 valence electrons. The van der Waals surface area contributed by atoms with Crippen LogP contribution < -0.4 is 11.1 Å². The van der Waals surface area contributed by atoms with Crippen LogP contribution in [-0.4, -0.2) is 43.8 Å². The third-order valence-electron chi connectivity index (χ3n) is 3.53. The van der Waals surface area contributed by atoms with E-state index in [1.165, 1.54) is 15.6 Å². The van der Waals surface area contributed by atoms with E-state index < -0.39 is 16.1 Å². The molecule has 0 saturated carbocycles. The Hall–Kier alpha value is -0.960. The van der Waals surface area contributed by atoms with Crippen molar-refractivity contribution >= 4 is 27.3 Å². The van der Waals surface area contributed by atoms with E-state index in [0.29, 0.717) is 30.1 Å². The minimum Gasteiger partial charge on any atom is -0.351 e. The van der Waals surface area contributed by atoms with Gasteiger partial charge in [0.25, 0.3) is 10.0 Å². The second-order valence-corrected chi connectivity index (χ2v) is 8.69. The lowest BCUT2D eigenvalue weighted by Crippen LogP contribution is -2.49. The van der Waals surface area contributed by atoms with Gasteiger partial charge in [-0.1, -0.05) is 0 Å². The van der Waals surface area contributed by atoms with Crippen molar-refractivity contribution in [2.45, 2.75) is 43.0 Å². The molecule has 0 aliphatic carbocycles. The van der Waals surface area contributed by atoms with Gasteiger partial charge in [-0.25, -0.2) is 8.42 Å².